The van der Waals surface area contributed by atoms with Gasteiger partial charge in [0.15, 0.2) is 0 Å². The summed E-state index contributed by atoms with van der Waals surface area (Å²) >= 11 is 0.247. The van der Waals surface area contributed by atoms with E-state index in [9.17, 15) is 22.0 Å². The molecule has 0 heterocycles. The minimum Gasteiger partial charge on any atom is -0.327 e. The lowest BCUT2D eigenvalue weighted by Gasteiger charge is -2.23. The molecule has 2 unspecified atom stereocenters. The van der Waals surface area contributed by atoms with Crippen molar-refractivity contribution in [3.05, 3.63) is 29.8 Å². The van der Waals surface area contributed by atoms with Crippen LogP contribution in [0.4, 0.5) is 22.0 Å². The summed E-state index contributed by atoms with van der Waals surface area (Å²) in [5, 5.41) is -1.93. The highest BCUT2D eigenvalue weighted by molar-refractivity contribution is 8.00. The molecule has 0 fully saturated rings. The Bertz CT molecular complexity index is 391. The van der Waals surface area contributed by atoms with Crippen LogP contribution in [-0.2, 0) is 0 Å². The topological polar surface area (TPSA) is 26.0 Å². The second kappa shape index (κ2) is 5.22. The number of benzene rings is 1. The molecule has 2 N–H and O–H groups in total. The highest BCUT2D eigenvalue weighted by Crippen LogP contribution is 2.37. The van der Waals surface area contributed by atoms with Gasteiger partial charge in [-0.2, -0.15) is 13.2 Å². The molecule has 0 aromatic heterocycles. The summed E-state index contributed by atoms with van der Waals surface area (Å²) in [6, 6.07) is 1.22. The predicted octanol–water partition coefficient (Wildman–Crippen LogP) is 3.34. The van der Waals surface area contributed by atoms with Gasteiger partial charge in [0.2, 0.25) is 0 Å². The average molecular weight is 271 g/mol. The fourth-order valence-electron chi connectivity index (χ4n) is 1.18. The number of halogens is 5. The molecule has 0 bridgehead atoms. The lowest BCUT2D eigenvalue weighted by Crippen LogP contribution is -2.40. The first-order chi connectivity index (χ1) is 7.71. The van der Waals surface area contributed by atoms with Gasteiger partial charge in [-0.15, -0.1) is 11.8 Å². The van der Waals surface area contributed by atoms with Crippen molar-refractivity contribution >= 4 is 11.8 Å². The first-order valence-electron chi connectivity index (χ1n) is 4.66. The van der Waals surface area contributed by atoms with E-state index < -0.39 is 29.1 Å². The molecule has 1 aromatic rings. The Hall–Kier alpha value is -0.820. The Morgan fingerprint density at radius 3 is 2.24 bits per heavy atom. The number of thioether (sulfide) groups is 1. The summed E-state index contributed by atoms with van der Waals surface area (Å²) in [6.07, 6.45) is -4.54. The van der Waals surface area contributed by atoms with Gasteiger partial charge in [-0.25, -0.2) is 8.78 Å². The van der Waals surface area contributed by atoms with Gasteiger partial charge in [0.05, 0.1) is 0 Å². The second-order valence-electron chi connectivity index (χ2n) is 3.51. The predicted molar refractivity (Wildman–Crippen MR) is 55.7 cm³/mol. The van der Waals surface area contributed by atoms with Crippen molar-refractivity contribution in [1.82, 2.24) is 0 Å². The first kappa shape index (κ1) is 14.2. The number of rotatable bonds is 3. The molecule has 0 radical (unpaired) electrons. The van der Waals surface area contributed by atoms with Crippen molar-refractivity contribution in [3.63, 3.8) is 0 Å². The Balaban J connectivity index is 2.94. The van der Waals surface area contributed by atoms with Crippen LogP contribution in [0.5, 0.6) is 0 Å². The van der Waals surface area contributed by atoms with Crippen molar-refractivity contribution in [3.8, 4) is 0 Å². The third kappa shape index (κ3) is 3.85. The maximum absolute atomic E-state index is 13.2. The lowest BCUT2D eigenvalue weighted by molar-refractivity contribution is -0.131. The van der Waals surface area contributed by atoms with Gasteiger partial charge in [0.25, 0.3) is 0 Å². The summed E-state index contributed by atoms with van der Waals surface area (Å²) in [4.78, 5) is -0.272. The zero-order valence-corrected chi connectivity index (χ0v) is 9.58. The molecule has 1 aromatic carbocycles. The number of hydrogen-bond donors (Lipinski definition) is 1. The molecule has 0 spiro atoms. The average Bonchev–Trinajstić information content (AvgIpc) is 2.13. The van der Waals surface area contributed by atoms with Crippen LogP contribution in [0.25, 0.3) is 0 Å². The molecule has 1 nitrogen and oxygen atoms in total. The molecule has 2 atom stereocenters. The summed E-state index contributed by atoms with van der Waals surface area (Å²) in [7, 11) is 0. The summed E-state index contributed by atoms with van der Waals surface area (Å²) < 4.78 is 63.5. The summed E-state index contributed by atoms with van der Waals surface area (Å²) in [5.74, 6) is -1.86. The standard InChI is InChI=1S/C10H10F5NS/c1-5(16)9(10(13,14)15)17-8-3-2-6(11)4-7(8)12/h2-5,9H,16H2,1H3. The van der Waals surface area contributed by atoms with E-state index in [-0.39, 0.29) is 16.7 Å². The van der Waals surface area contributed by atoms with Crippen LogP contribution in [0.1, 0.15) is 6.92 Å². The largest absolute Gasteiger partial charge is 0.402 e. The molecular formula is C10H10F5NS. The van der Waals surface area contributed by atoms with Gasteiger partial charge in [-0.1, -0.05) is 0 Å². The van der Waals surface area contributed by atoms with Crippen LogP contribution >= 0.6 is 11.8 Å². The number of hydrogen-bond acceptors (Lipinski definition) is 2. The van der Waals surface area contributed by atoms with Crippen LogP contribution in [0, 0.1) is 11.6 Å². The van der Waals surface area contributed by atoms with E-state index in [1.807, 2.05) is 0 Å². The van der Waals surface area contributed by atoms with E-state index in [1.165, 1.54) is 6.92 Å². The molecule has 0 saturated carbocycles. The van der Waals surface area contributed by atoms with Crippen LogP contribution in [0.2, 0.25) is 0 Å². The SMILES string of the molecule is CC(N)C(Sc1ccc(F)cc1F)C(F)(F)F. The molecule has 0 aliphatic carbocycles. The molecule has 0 amide bonds. The quantitative estimate of drug-likeness (QED) is 0.674. The Labute approximate surface area is 99.2 Å². The second-order valence-corrected chi connectivity index (χ2v) is 4.70. The van der Waals surface area contributed by atoms with Crippen molar-refractivity contribution in [1.29, 1.82) is 0 Å². The summed E-state index contributed by atoms with van der Waals surface area (Å²) in [6.45, 7) is 1.19. The maximum Gasteiger partial charge on any atom is 0.402 e. The minimum absolute atomic E-state index is 0.247. The van der Waals surface area contributed by atoms with E-state index in [4.69, 9.17) is 5.73 Å². The van der Waals surface area contributed by atoms with Crippen molar-refractivity contribution in [2.45, 2.75) is 29.3 Å². The third-order valence-corrected chi connectivity index (χ3v) is 3.48. The van der Waals surface area contributed by atoms with Gasteiger partial charge in [0, 0.05) is 17.0 Å². The van der Waals surface area contributed by atoms with E-state index in [2.05, 4.69) is 0 Å². The fraction of sp³-hybridized carbons (Fsp3) is 0.400. The molecule has 7 heteroatoms. The molecule has 0 saturated heterocycles. The minimum atomic E-state index is -4.54. The molecular weight excluding hydrogens is 261 g/mol. The Morgan fingerprint density at radius 2 is 1.82 bits per heavy atom. The Kier molecular flexibility index (Phi) is 4.37. The highest BCUT2D eigenvalue weighted by atomic mass is 32.2. The molecule has 96 valence electrons. The Morgan fingerprint density at radius 1 is 1.24 bits per heavy atom. The van der Waals surface area contributed by atoms with E-state index in [0.29, 0.717) is 6.07 Å². The smallest absolute Gasteiger partial charge is 0.327 e. The lowest BCUT2D eigenvalue weighted by atomic mass is 10.2. The van der Waals surface area contributed by atoms with Gasteiger partial charge < -0.3 is 5.73 Å². The van der Waals surface area contributed by atoms with Crippen molar-refractivity contribution in [2.24, 2.45) is 5.73 Å². The monoisotopic (exact) mass is 271 g/mol. The van der Waals surface area contributed by atoms with Crippen LogP contribution in [-0.4, -0.2) is 17.5 Å². The van der Waals surface area contributed by atoms with Crippen molar-refractivity contribution < 1.29 is 22.0 Å². The van der Waals surface area contributed by atoms with E-state index in [0.717, 1.165) is 12.1 Å². The molecule has 17 heavy (non-hydrogen) atoms. The van der Waals surface area contributed by atoms with Crippen molar-refractivity contribution in [2.75, 3.05) is 0 Å². The first-order valence-corrected chi connectivity index (χ1v) is 5.54. The maximum atomic E-state index is 13.2. The van der Waals surface area contributed by atoms with E-state index >= 15 is 0 Å². The van der Waals surface area contributed by atoms with E-state index in [1.54, 1.807) is 0 Å². The normalized spacial score (nSPS) is 15.7. The van der Waals surface area contributed by atoms with Gasteiger partial charge >= 0.3 is 6.18 Å². The third-order valence-electron chi connectivity index (χ3n) is 1.95. The zero-order valence-electron chi connectivity index (χ0n) is 8.76. The zero-order chi connectivity index (χ0) is 13.2. The van der Waals surface area contributed by atoms with Gasteiger partial charge in [-0.05, 0) is 19.1 Å². The highest BCUT2D eigenvalue weighted by Gasteiger charge is 2.43. The van der Waals surface area contributed by atoms with Crippen LogP contribution in [0.15, 0.2) is 23.1 Å². The number of alkyl halides is 3. The molecule has 0 aliphatic rings. The summed E-state index contributed by atoms with van der Waals surface area (Å²) in [5.41, 5.74) is 5.21. The van der Waals surface area contributed by atoms with Gasteiger partial charge in [-0.3, -0.25) is 0 Å². The molecule has 0 aliphatic heterocycles. The van der Waals surface area contributed by atoms with Crippen LogP contribution < -0.4 is 5.73 Å². The fourth-order valence-corrected chi connectivity index (χ4v) is 2.12. The molecule has 1 rings (SSSR count). The van der Waals surface area contributed by atoms with Crippen LogP contribution in [0.3, 0.4) is 0 Å². The number of nitrogens with two attached hydrogens (primary N) is 1. The van der Waals surface area contributed by atoms with Gasteiger partial charge in [0.1, 0.15) is 16.9 Å².